The summed E-state index contributed by atoms with van der Waals surface area (Å²) in [6.07, 6.45) is -3.94. The Balaban J connectivity index is 2.49. The van der Waals surface area contributed by atoms with Crippen molar-refractivity contribution in [3.63, 3.8) is 0 Å². The maximum absolute atomic E-state index is 13.9. The molecule has 2 N–H and O–H groups in total. The second-order valence-corrected chi connectivity index (χ2v) is 5.40. The summed E-state index contributed by atoms with van der Waals surface area (Å²) >= 11 is 0. The number of nitrogens with zero attached hydrogens (tertiary/aromatic N) is 1. The first-order valence-electron chi connectivity index (χ1n) is 7.43. The van der Waals surface area contributed by atoms with Gasteiger partial charge in [-0.25, -0.2) is 9.78 Å². The fourth-order valence-electron chi connectivity index (χ4n) is 2.17. The summed E-state index contributed by atoms with van der Waals surface area (Å²) in [5, 5.41) is 3.70. The monoisotopic (exact) mass is 367 g/mol. The molecule has 0 bridgehead atoms. The largest absolute Gasteiger partial charge is 0.466 e. The predicted molar refractivity (Wildman–Crippen MR) is 87.3 cm³/mol. The van der Waals surface area contributed by atoms with Crippen molar-refractivity contribution in [2.24, 2.45) is 0 Å². The van der Waals surface area contributed by atoms with Crippen LogP contribution in [0.1, 0.15) is 15.9 Å². The Bertz CT molecular complexity index is 797. The minimum absolute atomic E-state index is 0.0518. The van der Waals surface area contributed by atoms with Crippen molar-refractivity contribution >= 4 is 17.7 Å². The highest BCUT2D eigenvalue weighted by molar-refractivity contribution is 5.99. The summed E-state index contributed by atoms with van der Waals surface area (Å²) < 4.78 is 45.9. The van der Waals surface area contributed by atoms with Crippen LogP contribution >= 0.6 is 0 Å². The molecule has 1 aromatic carbocycles. The van der Waals surface area contributed by atoms with Crippen molar-refractivity contribution in [3.05, 3.63) is 59.8 Å². The molecule has 1 heterocycles. The maximum Gasteiger partial charge on any atom is 0.441 e. The second kappa shape index (κ2) is 7.42. The number of anilines is 1. The molecular formula is C17H16F3N3O3. The third-order valence-corrected chi connectivity index (χ3v) is 3.48. The molecule has 1 amide bonds. The van der Waals surface area contributed by atoms with Gasteiger partial charge >= 0.3 is 17.8 Å². The highest BCUT2D eigenvalue weighted by atomic mass is 19.4. The van der Waals surface area contributed by atoms with E-state index in [1.165, 1.54) is 36.5 Å². The third kappa shape index (κ3) is 3.93. The van der Waals surface area contributed by atoms with E-state index >= 15 is 0 Å². The molecule has 138 valence electrons. The summed E-state index contributed by atoms with van der Waals surface area (Å²) in [5.41, 5.74) is -2.95. The lowest BCUT2D eigenvalue weighted by atomic mass is 10.1. The average molecular weight is 367 g/mol. The molecule has 6 nitrogen and oxygen atoms in total. The molecule has 0 radical (unpaired) electrons. The lowest BCUT2D eigenvalue weighted by molar-refractivity contribution is -0.203. The Labute approximate surface area is 147 Å². The van der Waals surface area contributed by atoms with E-state index in [-0.39, 0.29) is 11.4 Å². The van der Waals surface area contributed by atoms with E-state index in [0.29, 0.717) is 5.56 Å². The van der Waals surface area contributed by atoms with Crippen LogP contribution in [0.2, 0.25) is 0 Å². The molecule has 0 spiro atoms. The number of rotatable bonds is 5. The van der Waals surface area contributed by atoms with Gasteiger partial charge in [-0.15, -0.1) is 0 Å². The Hall–Kier alpha value is -3.10. The minimum atomic E-state index is -5.21. The van der Waals surface area contributed by atoms with E-state index in [1.54, 1.807) is 24.4 Å². The number of pyridine rings is 1. The molecule has 0 saturated heterocycles. The molecule has 0 aliphatic heterocycles. The number of aryl methyl sites for hydroxylation is 1. The number of hydrogen-bond acceptors (Lipinski definition) is 5. The van der Waals surface area contributed by atoms with Gasteiger partial charge < -0.3 is 15.4 Å². The van der Waals surface area contributed by atoms with Crippen LogP contribution in [0.4, 0.5) is 19.0 Å². The topological polar surface area (TPSA) is 80.3 Å². The van der Waals surface area contributed by atoms with Gasteiger partial charge in [0.2, 0.25) is 0 Å². The second-order valence-electron chi connectivity index (χ2n) is 5.40. The minimum Gasteiger partial charge on any atom is -0.466 e. The number of methoxy groups -OCH3 is 1. The molecule has 2 aromatic rings. The van der Waals surface area contributed by atoms with E-state index in [1.807, 2.05) is 5.32 Å². The first-order chi connectivity index (χ1) is 12.2. The van der Waals surface area contributed by atoms with Gasteiger partial charge in [0, 0.05) is 11.8 Å². The van der Waals surface area contributed by atoms with Gasteiger partial charge in [-0.3, -0.25) is 4.79 Å². The first kappa shape index (κ1) is 19.2. The molecule has 0 aliphatic carbocycles. The lowest BCUT2D eigenvalue weighted by Crippen LogP contribution is -2.69. The lowest BCUT2D eigenvalue weighted by Gasteiger charge is -2.34. The summed E-state index contributed by atoms with van der Waals surface area (Å²) in [6.45, 7) is 1.64. The molecule has 26 heavy (non-hydrogen) atoms. The highest BCUT2D eigenvalue weighted by Gasteiger charge is 2.63. The van der Waals surface area contributed by atoms with Crippen LogP contribution in [0.15, 0.2) is 48.7 Å². The highest BCUT2D eigenvalue weighted by Crippen LogP contribution is 2.33. The number of carbonyl (C=O) groups excluding carboxylic acids is 2. The number of amides is 1. The zero-order chi connectivity index (χ0) is 19.4. The van der Waals surface area contributed by atoms with Crippen LogP contribution in [0.3, 0.4) is 0 Å². The number of ether oxygens (including phenoxy) is 1. The third-order valence-electron chi connectivity index (χ3n) is 3.48. The molecule has 1 atom stereocenters. The van der Waals surface area contributed by atoms with Crippen LogP contribution in [0, 0.1) is 6.92 Å². The zero-order valence-electron chi connectivity index (χ0n) is 13.9. The number of nitrogens with one attached hydrogen (secondary N) is 2. The Morgan fingerprint density at radius 3 is 2.31 bits per heavy atom. The molecule has 9 heteroatoms. The quantitative estimate of drug-likeness (QED) is 0.627. The van der Waals surface area contributed by atoms with Crippen molar-refractivity contribution in [2.75, 3.05) is 12.4 Å². The van der Waals surface area contributed by atoms with Gasteiger partial charge in [0.25, 0.3) is 5.91 Å². The summed E-state index contributed by atoms with van der Waals surface area (Å²) in [6, 6.07) is 10.1. The van der Waals surface area contributed by atoms with E-state index in [4.69, 9.17) is 0 Å². The van der Waals surface area contributed by atoms with Crippen LogP contribution in [-0.4, -0.2) is 35.8 Å². The van der Waals surface area contributed by atoms with Crippen LogP contribution < -0.4 is 10.6 Å². The molecule has 0 saturated carbocycles. The van der Waals surface area contributed by atoms with E-state index in [0.717, 1.165) is 7.11 Å². The fourth-order valence-corrected chi connectivity index (χ4v) is 2.17. The summed E-state index contributed by atoms with van der Waals surface area (Å²) in [5.74, 6) is -3.08. The van der Waals surface area contributed by atoms with Gasteiger partial charge in [0.15, 0.2) is 0 Å². The summed E-state index contributed by atoms with van der Waals surface area (Å²) in [4.78, 5) is 28.2. The Morgan fingerprint density at radius 2 is 1.77 bits per heavy atom. The van der Waals surface area contributed by atoms with Crippen LogP contribution in [0.25, 0.3) is 0 Å². The molecule has 1 aromatic heterocycles. The number of esters is 1. The average Bonchev–Trinajstić information content (AvgIpc) is 2.60. The van der Waals surface area contributed by atoms with Gasteiger partial charge in [-0.2, -0.15) is 13.2 Å². The van der Waals surface area contributed by atoms with Crippen molar-refractivity contribution in [3.8, 4) is 0 Å². The molecule has 2 rings (SSSR count). The first-order valence-corrected chi connectivity index (χ1v) is 7.43. The van der Waals surface area contributed by atoms with E-state index in [9.17, 15) is 22.8 Å². The van der Waals surface area contributed by atoms with Gasteiger partial charge in [-0.1, -0.05) is 18.2 Å². The number of aromatic nitrogens is 1. The van der Waals surface area contributed by atoms with Crippen molar-refractivity contribution < 1.29 is 27.5 Å². The number of benzene rings is 1. The van der Waals surface area contributed by atoms with Gasteiger partial charge in [0.05, 0.1) is 7.11 Å². The summed E-state index contributed by atoms with van der Waals surface area (Å²) in [7, 11) is 0.794. The Morgan fingerprint density at radius 1 is 1.12 bits per heavy atom. The normalized spacial score (nSPS) is 13.4. The van der Waals surface area contributed by atoms with Crippen molar-refractivity contribution in [2.45, 2.75) is 18.8 Å². The molecule has 1 unspecified atom stereocenters. The zero-order valence-corrected chi connectivity index (χ0v) is 13.9. The van der Waals surface area contributed by atoms with Crippen molar-refractivity contribution in [1.82, 2.24) is 10.3 Å². The standard InChI is InChI=1S/C17H16F3N3O3/c1-11-8-9-21-13(10-11)22-16(15(25)26-2,17(18,19)20)23-14(24)12-6-4-3-5-7-12/h3-10H,1-2H3,(H,21,22)(H,23,24). The van der Waals surface area contributed by atoms with E-state index < -0.39 is 23.7 Å². The fraction of sp³-hybridized carbons (Fsp3) is 0.235. The SMILES string of the molecule is COC(=O)C(NC(=O)c1ccccc1)(Nc1cc(C)ccn1)C(F)(F)F. The van der Waals surface area contributed by atoms with E-state index in [2.05, 4.69) is 9.72 Å². The van der Waals surface area contributed by atoms with Crippen molar-refractivity contribution in [1.29, 1.82) is 0 Å². The predicted octanol–water partition coefficient (Wildman–Crippen LogP) is 2.66. The number of carbonyl (C=O) groups is 2. The molecule has 0 aliphatic rings. The van der Waals surface area contributed by atoms with Crippen LogP contribution in [-0.2, 0) is 9.53 Å². The van der Waals surface area contributed by atoms with Gasteiger partial charge in [0.1, 0.15) is 5.82 Å². The number of alkyl halides is 3. The maximum atomic E-state index is 13.9. The smallest absolute Gasteiger partial charge is 0.441 e. The number of halogens is 3. The molecular weight excluding hydrogens is 351 g/mol. The molecule has 0 fully saturated rings. The Kier molecular flexibility index (Phi) is 5.49. The number of hydrogen-bond donors (Lipinski definition) is 2. The van der Waals surface area contributed by atoms with Gasteiger partial charge in [-0.05, 0) is 36.8 Å². The van der Waals surface area contributed by atoms with Crippen LogP contribution in [0.5, 0.6) is 0 Å².